The highest BCUT2D eigenvalue weighted by atomic mass is 79.9. The Morgan fingerprint density at radius 1 is 0.917 bits per heavy atom. The number of halogens is 1. The van der Waals surface area contributed by atoms with E-state index in [-0.39, 0.29) is 0 Å². The largest absolute Gasteiger partial charge is 0.125 e. The number of rotatable bonds is 1. The molecule has 0 spiro atoms. The number of allylic oxidation sites excluding steroid dienone is 5. The van der Waals surface area contributed by atoms with Crippen LogP contribution in [0.2, 0.25) is 0 Å². The number of hydrogen-bond acceptors (Lipinski definition) is 1. The van der Waals surface area contributed by atoms with Gasteiger partial charge in [-0.2, -0.15) is 0 Å². The summed E-state index contributed by atoms with van der Waals surface area (Å²) < 4.78 is 1.23. The van der Waals surface area contributed by atoms with Gasteiger partial charge in [0.05, 0.1) is 0 Å². The van der Waals surface area contributed by atoms with Crippen LogP contribution in [-0.4, -0.2) is 5.75 Å². The Morgan fingerprint density at radius 3 is 2.71 bits per heavy atom. The van der Waals surface area contributed by atoms with Crippen molar-refractivity contribution in [2.45, 2.75) is 32.1 Å². The normalized spacial score (nSPS) is 19.5. The van der Waals surface area contributed by atoms with Crippen molar-refractivity contribution in [2.75, 3.05) is 5.75 Å². The summed E-state index contributed by atoms with van der Waals surface area (Å²) in [5.41, 5.74) is 7.59. The minimum Gasteiger partial charge on any atom is -0.125 e. The molecule has 2 aliphatic carbocycles. The summed E-state index contributed by atoms with van der Waals surface area (Å²) in [7, 11) is 0. The summed E-state index contributed by atoms with van der Waals surface area (Å²) in [6.45, 7) is 0. The lowest BCUT2D eigenvalue weighted by Crippen LogP contribution is -2.07. The summed E-state index contributed by atoms with van der Waals surface area (Å²) in [5, 5.41) is 2.86. The summed E-state index contributed by atoms with van der Waals surface area (Å²) in [5.74, 6) is 1.21. The van der Waals surface area contributed by atoms with E-state index in [1.807, 2.05) is 11.8 Å². The van der Waals surface area contributed by atoms with Crippen molar-refractivity contribution in [3.8, 4) is 0 Å². The Bertz CT molecular complexity index is 946. The molecular weight excluding hydrogens is 376 g/mol. The molecule has 120 valence electrons. The molecule has 1 heterocycles. The van der Waals surface area contributed by atoms with Gasteiger partial charge >= 0.3 is 0 Å². The van der Waals surface area contributed by atoms with Crippen LogP contribution < -0.4 is 0 Å². The highest BCUT2D eigenvalue weighted by Gasteiger charge is 2.22. The minimum atomic E-state index is 1.19. The van der Waals surface area contributed by atoms with Gasteiger partial charge in [-0.05, 0) is 65.6 Å². The van der Waals surface area contributed by atoms with Crippen molar-refractivity contribution in [1.29, 1.82) is 0 Å². The molecule has 2 aromatic carbocycles. The molecule has 5 rings (SSSR count). The fourth-order valence-corrected chi connectivity index (χ4v) is 6.08. The number of fused-ring (bicyclic) bond motifs is 4. The first-order chi connectivity index (χ1) is 11.8. The van der Waals surface area contributed by atoms with Gasteiger partial charge in [0.25, 0.3) is 0 Å². The average Bonchev–Trinajstić information content (AvgIpc) is 3.15. The van der Waals surface area contributed by atoms with Crippen LogP contribution in [0.5, 0.6) is 0 Å². The third-order valence-corrected chi connectivity index (χ3v) is 7.24. The van der Waals surface area contributed by atoms with E-state index in [1.54, 1.807) is 11.1 Å². The third kappa shape index (κ3) is 2.27. The van der Waals surface area contributed by atoms with Gasteiger partial charge in [-0.25, -0.2) is 0 Å². The Kier molecular flexibility index (Phi) is 3.71. The van der Waals surface area contributed by atoms with Crippen LogP contribution in [0.4, 0.5) is 0 Å². The Balaban J connectivity index is 1.77. The maximum Gasteiger partial charge on any atom is 0.0265 e. The SMILES string of the molecule is Brc1ccc2c3c(ccc2c1C1=CCCS1)C1=C(CCC=C1)CC3. The second kappa shape index (κ2) is 5.93. The van der Waals surface area contributed by atoms with Gasteiger partial charge in [-0.1, -0.05) is 57.9 Å². The summed E-state index contributed by atoms with van der Waals surface area (Å²) >= 11 is 5.79. The summed E-state index contributed by atoms with van der Waals surface area (Å²) in [6.07, 6.45) is 13.2. The van der Waals surface area contributed by atoms with Gasteiger partial charge in [0.15, 0.2) is 0 Å². The molecular formula is C22H19BrS. The molecule has 1 aliphatic heterocycles. The van der Waals surface area contributed by atoms with Crippen LogP contribution >= 0.6 is 27.7 Å². The lowest BCUT2D eigenvalue weighted by Gasteiger charge is -2.26. The Labute approximate surface area is 155 Å². The van der Waals surface area contributed by atoms with Crippen molar-refractivity contribution in [2.24, 2.45) is 0 Å². The van der Waals surface area contributed by atoms with E-state index in [9.17, 15) is 0 Å². The van der Waals surface area contributed by atoms with Crippen LogP contribution in [0, 0.1) is 0 Å². The van der Waals surface area contributed by atoms with E-state index in [4.69, 9.17) is 0 Å². The van der Waals surface area contributed by atoms with E-state index in [0.29, 0.717) is 0 Å². The molecule has 0 fully saturated rings. The van der Waals surface area contributed by atoms with Crippen molar-refractivity contribution in [1.82, 2.24) is 0 Å². The van der Waals surface area contributed by atoms with E-state index in [1.165, 1.54) is 74.7 Å². The van der Waals surface area contributed by atoms with Crippen molar-refractivity contribution >= 4 is 48.9 Å². The lowest BCUT2D eigenvalue weighted by molar-refractivity contribution is 0.831. The Hall–Kier alpha value is -1.25. The smallest absolute Gasteiger partial charge is 0.0265 e. The van der Waals surface area contributed by atoms with Crippen molar-refractivity contribution in [3.63, 3.8) is 0 Å². The monoisotopic (exact) mass is 394 g/mol. The summed E-state index contributed by atoms with van der Waals surface area (Å²) in [6, 6.07) is 9.29. The molecule has 0 N–H and O–H groups in total. The predicted molar refractivity (Wildman–Crippen MR) is 110 cm³/mol. The molecule has 0 bridgehead atoms. The average molecular weight is 395 g/mol. The number of aryl methyl sites for hydroxylation is 1. The molecule has 2 aromatic rings. The third-order valence-electron chi connectivity index (χ3n) is 5.46. The quantitative estimate of drug-likeness (QED) is 0.495. The molecule has 0 nitrogen and oxygen atoms in total. The van der Waals surface area contributed by atoms with Gasteiger partial charge in [0, 0.05) is 20.7 Å². The highest BCUT2D eigenvalue weighted by molar-refractivity contribution is 9.10. The molecule has 0 saturated heterocycles. The van der Waals surface area contributed by atoms with Crippen LogP contribution in [0.25, 0.3) is 21.3 Å². The molecule has 24 heavy (non-hydrogen) atoms. The van der Waals surface area contributed by atoms with E-state index in [0.717, 1.165) is 0 Å². The maximum atomic E-state index is 3.80. The molecule has 3 aliphatic rings. The summed E-state index contributed by atoms with van der Waals surface area (Å²) in [4.78, 5) is 1.45. The van der Waals surface area contributed by atoms with E-state index in [2.05, 4.69) is 58.4 Å². The zero-order valence-corrected chi connectivity index (χ0v) is 16.0. The molecule has 0 saturated carbocycles. The van der Waals surface area contributed by atoms with Crippen LogP contribution in [0.3, 0.4) is 0 Å². The number of hydrogen-bond donors (Lipinski definition) is 0. The topological polar surface area (TPSA) is 0 Å². The molecule has 0 radical (unpaired) electrons. The number of thioether (sulfide) groups is 1. The Morgan fingerprint density at radius 2 is 1.83 bits per heavy atom. The first-order valence-electron chi connectivity index (χ1n) is 8.79. The zero-order valence-electron chi connectivity index (χ0n) is 13.6. The maximum absolute atomic E-state index is 3.80. The lowest BCUT2D eigenvalue weighted by atomic mass is 9.79. The van der Waals surface area contributed by atoms with Gasteiger partial charge in [-0.15, -0.1) is 11.8 Å². The standard InChI is InChI=1S/C22H19BrS/c23-20-12-11-18-17-8-7-14-4-1-2-5-15(14)16(17)9-10-19(18)22(20)21-6-3-13-24-21/h2,5-6,9-12H,1,3-4,7-8,13H2. The first-order valence-corrected chi connectivity index (χ1v) is 10.6. The number of benzene rings is 2. The second-order valence-electron chi connectivity index (χ2n) is 6.77. The zero-order chi connectivity index (χ0) is 16.1. The fraction of sp³-hybridized carbons (Fsp3) is 0.273. The van der Waals surface area contributed by atoms with Gasteiger partial charge < -0.3 is 0 Å². The molecule has 0 atom stereocenters. The highest BCUT2D eigenvalue weighted by Crippen LogP contribution is 2.45. The molecule has 0 unspecified atom stereocenters. The van der Waals surface area contributed by atoms with E-state index >= 15 is 0 Å². The minimum absolute atomic E-state index is 1.19. The van der Waals surface area contributed by atoms with Crippen LogP contribution in [-0.2, 0) is 6.42 Å². The van der Waals surface area contributed by atoms with Crippen molar-refractivity contribution in [3.05, 3.63) is 69.2 Å². The van der Waals surface area contributed by atoms with Crippen LogP contribution in [0.1, 0.15) is 42.4 Å². The second-order valence-corrected chi connectivity index (χ2v) is 8.76. The van der Waals surface area contributed by atoms with E-state index < -0.39 is 0 Å². The fourth-order valence-electron chi connectivity index (χ4n) is 4.33. The van der Waals surface area contributed by atoms with Gasteiger partial charge in [-0.3, -0.25) is 0 Å². The molecule has 0 aromatic heterocycles. The predicted octanol–water partition coefficient (Wildman–Crippen LogP) is 7.13. The molecule has 2 heteroatoms. The van der Waals surface area contributed by atoms with Crippen molar-refractivity contribution < 1.29 is 0 Å². The van der Waals surface area contributed by atoms with Gasteiger partial charge in [0.1, 0.15) is 0 Å². The molecule has 0 amide bonds. The first kappa shape index (κ1) is 15.0. The van der Waals surface area contributed by atoms with Crippen LogP contribution in [0.15, 0.2) is 52.5 Å². The van der Waals surface area contributed by atoms with Gasteiger partial charge in [0.2, 0.25) is 0 Å².